The fraction of sp³-hybridized carbons (Fsp3) is 0.500. The Kier molecular flexibility index (Phi) is 3.28. The number of benzene rings is 1. The van der Waals surface area contributed by atoms with E-state index in [9.17, 15) is 4.79 Å². The van der Waals surface area contributed by atoms with Crippen molar-refractivity contribution in [1.82, 2.24) is 5.32 Å². The molecule has 1 aromatic carbocycles. The fourth-order valence-corrected chi connectivity index (χ4v) is 1.80. The Morgan fingerprint density at radius 3 is 2.50 bits per heavy atom. The molecule has 0 bridgehead atoms. The summed E-state index contributed by atoms with van der Waals surface area (Å²) in [5, 5.41) is 3.06. The number of amides is 1. The standard InChI is InChI=1S/C14H19NO/c1-3-11-4-6-12(7-5-11)10(2)15-14(16)13-8-9-13/h4-7,10,13H,3,8-9H2,1-2H3,(H,15,16)/t10-/m1/s1. The number of hydrogen-bond acceptors (Lipinski definition) is 1. The maximum absolute atomic E-state index is 11.6. The second-order valence-electron chi connectivity index (χ2n) is 4.60. The molecule has 0 radical (unpaired) electrons. The van der Waals surface area contributed by atoms with Gasteiger partial charge in [0.25, 0.3) is 0 Å². The van der Waals surface area contributed by atoms with Gasteiger partial charge in [0.1, 0.15) is 0 Å². The first-order chi connectivity index (χ1) is 7.70. The number of carbonyl (C=O) groups excluding carboxylic acids is 1. The second-order valence-corrected chi connectivity index (χ2v) is 4.60. The second kappa shape index (κ2) is 4.69. The van der Waals surface area contributed by atoms with Crippen LogP contribution in [0.3, 0.4) is 0 Å². The molecule has 0 aromatic heterocycles. The summed E-state index contributed by atoms with van der Waals surface area (Å²) >= 11 is 0. The van der Waals surface area contributed by atoms with Gasteiger partial charge in [0.2, 0.25) is 5.91 Å². The van der Waals surface area contributed by atoms with Crippen LogP contribution in [0.2, 0.25) is 0 Å². The van der Waals surface area contributed by atoms with Crippen LogP contribution in [0.4, 0.5) is 0 Å². The predicted octanol–water partition coefficient (Wildman–Crippen LogP) is 2.84. The van der Waals surface area contributed by atoms with E-state index in [0.717, 1.165) is 19.3 Å². The van der Waals surface area contributed by atoms with Crippen LogP contribution in [0.5, 0.6) is 0 Å². The van der Waals surface area contributed by atoms with Crippen LogP contribution >= 0.6 is 0 Å². The Morgan fingerprint density at radius 2 is 2.00 bits per heavy atom. The summed E-state index contributed by atoms with van der Waals surface area (Å²) in [5.74, 6) is 0.504. The molecule has 0 spiro atoms. The molecule has 1 fully saturated rings. The van der Waals surface area contributed by atoms with Crippen molar-refractivity contribution in [3.05, 3.63) is 35.4 Å². The van der Waals surface area contributed by atoms with Crippen LogP contribution in [-0.4, -0.2) is 5.91 Å². The molecule has 1 aliphatic rings. The van der Waals surface area contributed by atoms with Crippen molar-refractivity contribution in [1.29, 1.82) is 0 Å². The van der Waals surface area contributed by atoms with Gasteiger partial charge in [0, 0.05) is 5.92 Å². The van der Waals surface area contributed by atoms with Gasteiger partial charge < -0.3 is 5.32 Å². The number of hydrogen-bond donors (Lipinski definition) is 1. The molecule has 1 aromatic rings. The molecule has 0 heterocycles. The molecule has 1 amide bonds. The molecule has 0 saturated heterocycles. The van der Waals surface area contributed by atoms with Gasteiger partial charge >= 0.3 is 0 Å². The summed E-state index contributed by atoms with van der Waals surface area (Å²) in [4.78, 5) is 11.6. The number of rotatable bonds is 4. The van der Waals surface area contributed by atoms with E-state index in [4.69, 9.17) is 0 Å². The molecule has 1 aliphatic carbocycles. The lowest BCUT2D eigenvalue weighted by Crippen LogP contribution is -2.27. The van der Waals surface area contributed by atoms with E-state index >= 15 is 0 Å². The van der Waals surface area contributed by atoms with E-state index in [1.165, 1.54) is 11.1 Å². The van der Waals surface area contributed by atoms with Crippen LogP contribution < -0.4 is 5.32 Å². The van der Waals surface area contributed by atoms with Crippen molar-refractivity contribution in [2.24, 2.45) is 5.92 Å². The molecule has 1 saturated carbocycles. The Balaban J connectivity index is 1.96. The Bertz CT molecular complexity index is 365. The molecular formula is C14H19NO. The van der Waals surface area contributed by atoms with Crippen molar-refractivity contribution >= 4 is 5.91 Å². The number of carbonyl (C=O) groups is 1. The van der Waals surface area contributed by atoms with Crippen LogP contribution in [0.15, 0.2) is 24.3 Å². The van der Waals surface area contributed by atoms with Gasteiger partial charge in [-0.3, -0.25) is 4.79 Å². The molecule has 16 heavy (non-hydrogen) atoms. The molecule has 2 nitrogen and oxygen atoms in total. The average molecular weight is 217 g/mol. The van der Waals surface area contributed by atoms with Gasteiger partial charge in [-0.05, 0) is 37.3 Å². The largest absolute Gasteiger partial charge is 0.349 e. The first-order valence-electron chi connectivity index (χ1n) is 6.10. The maximum atomic E-state index is 11.6. The lowest BCUT2D eigenvalue weighted by molar-refractivity contribution is -0.122. The lowest BCUT2D eigenvalue weighted by Gasteiger charge is -2.14. The summed E-state index contributed by atoms with van der Waals surface area (Å²) in [7, 11) is 0. The highest BCUT2D eigenvalue weighted by Gasteiger charge is 2.30. The minimum absolute atomic E-state index is 0.124. The third-order valence-electron chi connectivity index (χ3n) is 3.19. The van der Waals surface area contributed by atoms with Gasteiger partial charge in [0.15, 0.2) is 0 Å². The number of nitrogens with one attached hydrogen (secondary N) is 1. The van der Waals surface area contributed by atoms with Gasteiger partial charge in [-0.1, -0.05) is 31.2 Å². The van der Waals surface area contributed by atoms with Crippen molar-refractivity contribution in [2.45, 2.75) is 39.2 Å². The van der Waals surface area contributed by atoms with Crippen LogP contribution in [0.1, 0.15) is 43.9 Å². The summed E-state index contributed by atoms with van der Waals surface area (Å²) in [5.41, 5.74) is 2.52. The monoisotopic (exact) mass is 217 g/mol. The first kappa shape index (κ1) is 11.2. The Hall–Kier alpha value is -1.31. The van der Waals surface area contributed by atoms with Crippen molar-refractivity contribution < 1.29 is 4.79 Å². The number of aryl methyl sites for hydroxylation is 1. The normalized spacial score (nSPS) is 16.9. The van der Waals surface area contributed by atoms with Gasteiger partial charge in [-0.25, -0.2) is 0 Å². The van der Waals surface area contributed by atoms with Crippen molar-refractivity contribution in [2.75, 3.05) is 0 Å². The predicted molar refractivity (Wildman–Crippen MR) is 65.1 cm³/mol. The highest BCUT2D eigenvalue weighted by Crippen LogP contribution is 2.29. The van der Waals surface area contributed by atoms with E-state index in [1.54, 1.807) is 0 Å². The lowest BCUT2D eigenvalue weighted by atomic mass is 10.0. The van der Waals surface area contributed by atoms with Crippen molar-refractivity contribution in [3.63, 3.8) is 0 Å². The van der Waals surface area contributed by atoms with E-state index in [2.05, 4.69) is 36.5 Å². The molecule has 0 unspecified atom stereocenters. The first-order valence-corrected chi connectivity index (χ1v) is 6.10. The summed E-state index contributed by atoms with van der Waals surface area (Å²) < 4.78 is 0. The quantitative estimate of drug-likeness (QED) is 0.825. The smallest absolute Gasteiger partial charge is 0.223 e. The summed E-state index contributed by atoms with van der Waals surface area (Å²) in [6, 6.07) is 8.61. The Labute approximate surface area is 97.1 Å². The molecule has 1 N–H and O–H groups in total. The van der Waals surface area contributed by atoms with Crippen LogP contribution in [-0.2, 0) is 11.2 Å². The zero-order valence-electron chi connectivity index (χ0n) is 9.99. The SMILES string of the molecule is CCc1ccc([C@@H](C)NC(=O)C2CC2)cc1. The van der Waals surface area contributed by atoms with Gasteiger partial charge in [-0.2, -0.15) is 0 Å². The van der Waals surface area contributed by atoms with E-state index in [0.29, 0.717) is 0 Å². The molecule has 2 rings (SSSR count). The maximum Gasteiger partial charge on any atom is 0.223 e. The third-order valence-corrected chi connectivity index (χ3v) is 3.19. The zero-order chi connectivity index (χ0) is 11.5. The van der Waals surface area contributed by atoms with Gasteiger partial charge in [-0.15, -0.1) is 0 Å². The van der Waals surface area contributed by atoms with Gasteiger partial charge in [0.05, 0.1) is 6.04 Å². The molecule has 1 atom stereocenters. The molecule has 2 heteroatoms. The highest BCUT2D eigenvalue weighted by atomic mass is 16.2. The summed E-state index contributed by atoms with van der Waals surface area (Å²) in [6.45, 7) is 4.19. The highest BCUT2D eigenvalue weighted by molar-refractivity contribution is 5.81. The molecule has 86 valence electrons. The van der Waals surface area contributed by atoms with Crippen LogP contribution in [0.25, 0.3) is 0 Å². The van der Waals surface area contributed by atoms with Crippen molar-refractivity contribution in [3.8, 4) is 0 Å². The Morgan fingerprint density at radius 1 is 1.38 bits per heavy atom. The minimum atomic E-state index is 0.124. The van der Waals surface area contributed by atoms with E-state index in [1.807, 2.05) is 6.92 Å². The zero-order valence-corrected chi connectivity index (χ0v) is 9.99. The average Bonchev–Trinajstić information content (AvgIpc) is 3.13. The minimum Gasteiger partial charge on any atom is -0.349 e. The van der Waals surface area contributed by atoms with E-state index < -0.39 is 0 Å². The fourth-order valence-electron chi connectivity index (χ4n) is 1.80. The molecule has 0 aliphatic heterocycles. The third kappa shape index (κ3) is 2.63. The molecular weight excluding hydrogens is 198 g/mol. The topological polar surface area (TPSA) is 29.1 Å². The van der Waals surface area contributed by atoms with E-state index in [-0.39, 0.29) is 17.9 Å². The van der Waals surface area contributed by atoms with Crippen LogP contribution in [0, 0.1) is 5.92 Å². The summed E-state index contributed by atoms with van der Waals surface area (Å²) in [6.07, 6.45) is 3.18.